The minimum absolute atomic E-state index is 0.123. The molecule has 3 aromatic rings. The summed E-state index contributed by atoms with van der Waals surface area (Å²) >= 11 is 0. The van der Waals surface area contributed by atoms with Gasteiger partial charge in [0.25, 0.3) is 5.91 Å². The average Bonchev–Trinajstić information content (AvgIpc) is 2.80. The van der Waals surface area contributed by atoms with Gasteiger partial charge in [0.15, 0.2) is 0 Å². The van der Waals surface area contributed by atoms with Crippen molar-refractivity contribution in [2.75, 3.05) is 30.4 Å². The molecule has 3 N–H and O–H groups in total. The van der Waals surface area contributed by atoms with E-state index in [-0.39, 0.29) is 29.7 Å². The number of phenols is 1. The third kappa shape index (κ3) is 5.35. The molecule has 170 valence electrons. The Morgan fingerprint density at radius 2 is 1.88 bits per heavy atom. The Labute approximate surface area is 191 Å². The fraction of sp³-hybridized carbons (Fsp3) is 0.200. The highest BCUT2D eigenvalue weighted by molar-refractivity contribution is 6.04. The van der Waals surface area contributed by atoms with E-state index in [2.05, 4.69) is 10.2 Å². The van der Waals surface area contributed by atoms with E-state index >= 15 is 0 Å². The maximum absolute atomic E-state index is 12.5. The Balaban J connectivity index is 1.34. The molecular formula is C25H24N2O6. The molecule has 1 aliphatic heterocycles. The second-order valence-electron chi connectivity index (χ2n) is 7.79. The summed E-state index contributed by atoms with van der Waals surface area (Å²) in [7, 11) is 2.01. The number of likely N-dealkylation sites (N-methyl/N-ethyl adjacent to an activating group) is 1. The zero-order chi connectivity index (χ0) is 23.4. The Morgan fingerprint density at radius 3 is 2.64 bits per heavy atom. The molecule has 0 radical (unpaired) electrons. The second kappa shape index (κ2) is 9.52. The number of carboxylic acid groups (broad SMARTS) is 1. The molecule has 0 unspecified atom stereocenters. The fourth-order valence-electron chi connectivity index (χ4n) is 3.64. The molecular weight excluding hydrogens is 424 g/mol. The number of benzene rings is 3. The number of nitrogens with one attached hydrogen (secondary N) is 1. The molecule has 0 saturated carbocycles. The van der Waals surface area contributed by atoms with E-state index in [9.17, 15) is 14.7 Å². The minimum atomic E-state index is -1.07. The lowest BCUT2D eigenvalue weighted by molar-refractivity contribution is -0.136. The smallest absolute Gasteiger partial charge is 0.307 e. The fourth-order valence-corrected chi connectivity index (χ4v) is 3.64. The number of aromatic hydroxyl groups is 1. The van der Waals surface area contributed by atoms with Crippen LogP contribution in [0.3, 0.4) is 0 Å². The molecule has 0 saturated heterocycles. The largest absolute Gasteiger partial charge is 0.508 e. The first-order chi connectivity index (χ1) is 15.9. The summed E-state index contributed by atoms with van der Waals surface area (Å²) in [5.74, 6) is -0.118. The molecule has 1 heterocycles. The first kappa shape index (κ1) is 22.0. The van der Waals surface area contributed by atoms with Gasteiger partial charge >= 0.3 is 5.97 Å². The van der Waals surface area contributed by atoms with Crippen LogP contribution in [-0.2, 0) is 11.2 Å². The summed E-state index contributed by atoms with van der Waals surface area (Å²) in [6.45, 7) is 1.07. The van der Waals surface area contributed by atoms with Gasteiger partial charge in [-0.3, -0.25) is 9.59 Å². The van der Waals surface area contributed by atoms with Gasteiger partial charge in [-0.25, -0.2) is 0 Å². The molecule has 0 aromatic heterocycles. The zero-order valence-corrected chi connectivity index (χ0v) is 18.0. The minimum Gasteiger partial charge on any atom is -0.508 e. The highest BCUT2D eigenvalue weighted by atomic mass is 16.5. The van der Waals surface area contributed by atoms with Crippen molar-refractivity contribution in [3.8, 4) is 17.2 Å². The predicted octanol–water partition coefficient (Wildman–Crippen LogP) is 3.55. The number of carbonyl (C=O) groups excluding carboxylic acids is 1. The lowest BCUT2D eigenvalue weighted by atomic mass is 10.1. The van der Waals surface area contributed by atoms with E-state index in [4.69, 9.17) is 14.6 Å². The van der Waals surface area contributed by atoms with Crippen LogP contribution < -0.4 is 19.7 Å². The van der Waals surface area contributed by atoms with E-state index in [0.717, 1.165) is 11.4 Å². The SMILES string of the molecule is CN1C[C@@H](COc2ccc(C(=O)Nc3ccc(O)c(CC(=O)O)c3)cc2)Oc2ccccc21. The van der Waals surface area contributed by atoms with Crippen LogP contribution in [0.5, 0.6) is 17.2 Å². The standard InChI is InChI=1S/C25H24N2O6/c1-27-14-20(33-23-5-3-2-4-21(23)27)15-32-19-9-6-16(7-10-19)25(31)26-18-8-11-22(28)17(12-18)13-24(29)30/h2-12,20,28H,13-15H2,1H3,(H,26,31)(H,29,30)/t20-/m0/s1. The first-order valence-electron chi connectivity index (χ1n) is 10.4. The van der Waals surface area contributed by atoms with Crippen LogP contribution in [0.4, 0.5) is 11.4 Å². The van der Waals surface area contributed by atoms with Crippen LogP contribution >= 0.6 is 0 Å². The number of ether oxygens (including phenoxy) is 2. The average molecular weight is 448 g/mol. The Morgan fingerprint density at radius 1 is 1.12 bits per heavy atom. The van der Waals surface area contributed by atoms with Gasteiger partial charge in [0.2, 0.25) is 0 Å². The van der Waals surface area contributed by atoms with Crippen LogP contribution in [0.2, 0.25) is 0 Å². The molecule has 0 bridgehead atoms. The highest BCUT2D eigenvalue weighted by Crippen LogP contribution is 2.32. The summed E-state index contributed by atoms with van der Waals surface area (Å²) in [6, 6.07) is 18.9. The second-order valence-corrected chi connectivity index (χ2v) is 7.79. The van der Waals surface area contributed by atoms with Crippen molar-refractivity contribution in [2.45, 2.75) is 12.5 Å². The van der Waals surface area contributed by atoms with Gasteiger partial charge in [0, 0.05) is 23.9 Å². The Kier molecular flexibility index (Phi) is 6.35. The number of carboxylic acids is 1. The van der Waals surface area contributed by atoms with E-state index in [1.807, 2.05) is 31.3 Å². The van der Waals surface area contributed by atoms with Crippen LogP contribution in [-0.4, -0.2) is 48.4 Å². The molecule has 1 atom stereocenters. The number of amides is 1. The molecule has 3 aromatic carbocycles. The molecule has 8 nitrogen and oxygen atoms in total. The zero-order valence-electron chi connectivity index (χ0n) is 18.0. The lowest BCUT2D eigenvalue weighted by Gasteiger charge is -2.33. The first-order valence-corrected chi connectivity index (χ1v) is 10.4. The summed E-state index contributed by atoms with van der Waals surface area (Å²) in [5, 5.41) is 21.4. The number of para-hydroxylation sites is 2. The van der Waals surface area contributed by atoms with Gasteiger partial charge in [-0.15, -0.1) is 0 Å². The highest BCUT2D eigenvalue weighted by Gasteiger charge is 2.23. The van der Waals surface area contributed by atoms with Gasteiger partial charge < -0.3 is 29.9 Å². The van der Waals surface area contributed by atoms with Crippen molar-refractivity contribution in [1.82, 2.24) is 0 Å². The number of fused-ring (bicyclic) bond motifs is 1. The third-order valence-corrected chi connectivity index (χ3v) is 5.28. The number of aliphatic carboxylic acids is 1. The summed E-state index contributed by atoms with van der Waals surface area (Å²) in [5.41, 5.74) is 2.08. The van der Waals surface area contributed by atoms with Crippen LogP contribution in [0.15, 0.2) is 66.7 Å². The van der Waals surface area contributed by atoms with Crippen molar-refractivity contribution in [2.24, 2.45) is 0 Å². The third-order valence-electron chi connectivity index (χ3n) is 5.28. The molecule has 8 heteroatoms. The van der Waals surface area contributed by atoms with E-state index < -0.39 is 5.97 Å². The Hall–Kier alpha value is -4.20. The lowest BCUT2D eigenvalue weighted by Crippen LogP contribution is -2.41. The number of hydrogen-bond donors (Lipinski definition) is 3. The normalized spacial score (nSPS) is 14.7. The van der Waals surface area contributed by atoms with Crippen molar-refractivity contribution >= 4 is 23.3 Å². The molecule has 0 aliphatic carbocycles. The van der Waals surface area contributed by atoms with Crippen LogP contribution in [0.1, 0.15) is 15.9 Å². The van der Waals surface area contributed by atoms with Gasteiger partial charge in [0.1, 0.15) is 30.0 Å². The summed E-state index contributed by atoms with van der Waals surface area (Å²) in [6.07, 6.45) is -0.462. The number of carbonyl (C=O) groups is 2. The van der Waals surface area contributed by atoms with E-state index in [1.165, 1.54) is 18.2 Å². The maximum Gasteiger partial charge on any atom is 0.307 e. The van der Waals surface area contributed by atoms with Crippen LogP contribution in [0.25, 0.3) is 0 Å². The summed E-state index contributed by atoms with van der Waals surface area (Å²) in [4.78, 5) is 25.6. The topological polar surface area (TPSA) is 108 Å². The van der Waals surface area contributed by atoms with Gasteiger partial charge in [0.05, 0.1) is 18.7 Å². The summed E-state index contributed by atoms with van der Waals surface area (Å²) < 4.78 is 11.9. The van der Waals surface area contributed by atoms with Gasteiger partial charge in [-0.1, -0.05) is 12.1 Å². The molecule has 0 spiro atoms. The quantitative estimate of drug-likeness (QED) is 0.475. The van der Waals surface area contributed by atoms with Crippen molar-refractivity contribution in [3.05, 3.63) is 77.9 Å². The number of nitrogens with zero attached hydrogens (tertiary/aromatic N) is 1. The van der Waals surface area contributed by atoms with Crippen molar-refractivity contribution in [1.29, 1.82) is 0 Å². The Bertz CT molecular complexity index is 1160. The molecule has 1 amide bonds. The monoisotopic (exact) mass is 448 g/mol. The number of anilines is 2. The number of phenolic OH excluding ortho intramolecular Hbond substituents is 1. The number of hydrogen-bond acceptors (Lipinski definition) is 6. The maximum atomic E-state index is 12.5. The van der Waals surface area contributed by atoms with E-state index in [1.54, 1.807) is 24.3 Å². The van der Waals surface area contributed by atoms with Gasteiger partial charge in [-0.2, -0.15) is 0 Å². The molecule has 1 aliphatic rings. The van der Waals surface area contributed by atoms with E-state index in [0.29, 0.717) is 30.2 Å². The van der Waals surface area contributed by atoms with Crippen LogP contribution in [0, 0.1) is 0 Å². The van der Waals surface area contributed by atoms with Crippen molar-refractivity contribution < 1.29 is 29.3 Å². The number of rotatable bonds is 7. The predicted molar refractivity (Wildman–Crippen MR) is 123 cm³/mol. The molecule has 33 heavy (non-hydrogen) atoms. The molecule has 0 fully saturated rings. The van der Waals surface area contributed by atoms with Crippen molar-refractivity contribution in [3.63, 3.8) is 0 Å². The van der Waals surface area contributed by atoms with Gasteiger partial charge in [-0.05, 0) is 54.6 Å². The molecule has 4 rings (SSSR count).